The number of aromatic nitrogens is 1. The molecule has 1 aromatic carbocycles. The highest BCUT2D eigenvalue weighted by Crippen LogP contribution is 2.31. The number of benzene rings is 1. The van der Waals surface area contributed by atoms with Crippen LogP contribution in [0.1, 0.15) is 0 Å². The van der Waals surface area contributed by atoms with E-state index in [1.807, 2.05) is 29.1 Å². The SMILES string of the molecule is COc1cc(Br)ccc1-c1cscn1. The fourth-order valence-corrected chi connectivity index (χ4v) is 2.11. The van der Waals surface area contributed by atoms with Gasteiger partial charge in [-0.1, -0.05) is 15.9 Å². The minimum atomic E-state index is 0.838. The molecule has 0 unspecified atom stereocenters. The number of methoxy groups -OCH3 is 1. The average Bonchev–Trinajstić information content (AvgIpc) is 2.70. The van der Waals surface area contributed by atoms with E-state index in [2.05, 4.69) is 20.9 Å². The lowest BCUT2D eigenvalue weighted by atomic mass is 10.1. The number of hydrogen-bond acceptors (Lipinski definition) is 3. The summed E-state index contributed by atoms with van der Waals surface area (Å²) in [6, 6.07) is 5.92. The molecule has 4 heteroatoms. The van der Waals surface area contributed by atoms with Crippen LogP contribution < -0.4 is 4.74 Å². The first-order valence-electron chi connectivity index (χ1n) is 4.03. The molecule has 1 aromatic heterocycles. The van der Waals surface area contributed by atoms with E-state index in [4.69, 9.17) is 4.74 Å². The topological polar surface area (TPSA) is 22.1 Å². The molecule has 0 aliphatic heterocycles. The molecular weight excluding hydrogens is 262 g/mol. The van der Waals surface area contributed by atoms with Crippen LogP contribution in [0, 0.1) is 0 Å². The molecule has 0 atom stereocenters. The Morgan fingerprint density at radius 3 is 2.93 bits per heavy atom. The van der Waals surface area contributed by atoms with Crippen molar-refractivity contribution in [1.82, 2.24) is 4.98 Å². The Morgan fingerprint density at radius 1 is 1.43 bits per heavy atom. The molecule has 0 aliphatic rings. The van der Waals surface area contributed by atoms with Gasteiger partial charge in [-0.2, -0.15) is 0 Å². The molecule has 0 amide bonds. The first-order chi connectivity index (χ1) is 6.81. The largest absolute Gasteiger partial charge is 0.496 e. The van der Waals surface area contributed by atoms with Crippen LogP contribution >= 0.6 is 27.3 Å². The highest BCUT2D eigenvalue weighted by Gasteiger charge is 2.07. The van der Waals surface area contributed by atoms with Gasteiger partial charge < -0.3 is 4.74 Å². The predicted octanol–water partition coefficient (Wildman–Crippen LogP) is 3.58. The van der Waals surface area contributed by atoms with Crippen LogP contribution in [0.15, 0.2) is 33.6 Å². The molecule has 72 valence electrons. The van der Waals surface area contributed by atoms with Gasteiger partial charge in [0, 0.05) is 15.4 Å². The molecule has 1 heterocycles. The van der Waals surface area contributed by atoms with E-state index in [0.29, 0.717) is 0 Å². The van der Waals surface area contributed by atoms with Crippen molar-refractivity contribution >= 4 is 27.3 Å². The van der Waals surface area contributed by atoms with E-state index in [9.17, 15) is 0 Å². The van der Waals surface area contributed by atoms with Gasteiger partial charge in [0.05, 0.1) is 18.3 Å². The minimum Gasteiger partial charge on any atom is -0.496 e. The van der Waals surface area contributed by atoms with Gasteiger partial charge in [0.25, 0.3) is 0 Å². The van der Waals surface area contributed by atoms with Crippen molar-refractivity contribution in [2.45, 2.75) is 0 Å². The van der Waals surface area contributed by atoms with Crippen molar-refractivity contribution in [2.75, 3.05) is 7.11 Å². The zero-order valence-corrected chi connectivity index (χ0v) is 9.93. The summed E-state index contributed by atoms with van der Waals surface area (Å²) >= 11 is 4.98. The number of nitrogens with zero attached hydrogens (tertiary/aromatic N) is 1. The van der Waals surface area contributed by atoms with Crippen LogP contribution in [-0.4, -0.2) is 12.1 Å². The highest BCUT2D eigenvalue weighted by molar-refractivity contribution is 9.10. The van der Waals surface area contributed by atoms with Crippen LogP contribution in [0.2, 0.25) is 0 Å². The maximum Gasteiger partial charge on any atom is 0.129 e. The summed E-state index contributed by atoms with van der Waals surface area (Å²) in [5.41, 5.74) is 3.80. The summed E-state index contributed by atoms with van der Waals surface area (Å²) in [4.78, 5) is 4.25. The molecule has 14 heavy (non-hydrogen) atoms. The van der Waals surface area contributed by atoms with Gasteiger partial charge in [-0.25, -0.2) is 4.98 Å². The molecule has 0 aliphatic carbocycles. The number of hydrogen-bond donors (Lipinski definition) is 0. The van der Waals surface area contributed by atoms with E-state index < -0.39 is 0 Å². The number of ether oxygens (including phenoxy) is 1. The smallest absolute Gasteiger partial charge is 0.129 e. The van der Waals surface area contributed by atoms with Gasteiger partial charge in [0.15, 0.2) is 0 Å². The first kappa shape index (κ1) is 9.68. The second-order valence-electron chi connectivity index (χ2n) is 2.72. The zero-order chi connectivity index (χ0) is 9.97. The van der Waals surface area contributed by atoms with Gasteiger partial charge in [0.2, 0.25) is 0 Å². The van der Waals surface area contributed by atoms with Gasteiger partial charge >= 0.3 is 0 Å². The lowest BCUT2D eigenvalue weighted by Gasteiger charge is -2.06. The second kappa shape index (κ2) is 4.11. The third-order valence-corrected chi connectivity index (χ3v) is 2.95. The van der Waals surface area contributed by atoms with Crippen LogP contribution in [0.4, 0.5) is 0 Å². The third-order valence-electron chi connectivity index (χ3n) is 1.87. The fraction of sp³-hybridized carbons (Fsp3) is 0.100. The fourth-order valence-electron chi connectivity index (χ4n) is 1.22. The summed E-state index contributed by atoms with van der Waals surface area (Å²) in [6.45, 7) is 0. The van der Waals surface area contributed by atoms with Crippen LogP contribution in [0.3, 0.4) is 0 Å². The first-order valence-corrected chi connectivity index (χ1v) is 5.77. The van der Waals surface area contributed by atoms with Crippen molar-refractivity contribution in [3.8, 4) is 17.0 Å². The van der Waals surface area contributed by atoms with Crippen molar-refractivity contribution in [2.24, 2.45) is 0 Å². The van der Waals surface area contributed by atoms with Gasteiger partial charge in [-0.15, -0.1) is 11.3 Å². The summed E-state index contributed by atoms with van der Waals surface area (Å²) in [6.07, 6.45) is 0. The lowest BCUT2D eigenvalue weighted by Crippen LogP contribution is -1.87. The minimum absolute atomic E-state index is 0.838. The maximum atomic E-state index is 5.28. The van der Waals surface area contributed by atoms with Gasteiger partial charge in [-0.05, 0) is 18.2 Å². The third kappa shape index (κ3) is 1.81. The van der Waals surface area contributed by atoms with Crippen LogP contribution in [0.25, 0.3) is 11.3 Å². The van der Waals surface area contributed by atoms with Crippen molar-refractivity contribution in [1.29, 1.82) is 0 Å². The highest BCUT2D eigenvalue weighted by atomic mass is 79.9. The monoisotopic (exact) mass is 269 g/mol. The van der Waals surface area contributed by atoms with Gasteiger partial charge in [0.1, 0.15) is 5.75 Å². The molecule has 2 aromatic rings. The van der Waals surface area contributed by atoms with E-state index in [-0.39, 0.29) is 0 Å². The van der Waals surface area contributed by atoms with E-state index in [1.54, 1.807) is 18.4 Å². The van der Waals surface area contributed by atoms with Crippen molar-refractivity contribution in [3.63, 3.8) is 0 Å². The summed E-state index contributed by atoms with van der Waals surface area (Å²) in [5, 5.41) is 2.01. The van der Waals surface area contributed by atoms with Crippen LogP contribution in [-0.2, 0) is 0 Å². The molecule has 0 bridgehead atoms. The second-order valence-corrected chi connectivity index (χ2v) is 4.35. The standard InChI is InChI=1S/C10H8BrNOS/c1-13-10-4-7(11)2-3-8(10)9-5-14-6-12-9/h2-6H,1H3. The molecule has 0 saturated heterocycles. The molecule has 0 fully saturated rings. The van der Waals surface area contributed by atoms with Crippen LogP contribution in [0.5, 0.6) is 5.75 Å². The maximum absolute atomic E-state index is 5.28. The lowest BCUT2D eigenvalue weighted by molar-refractivity contribution is 0.416. The Labute approximate surface area is 94.7 Å². The van der Waals surface area contributed by atoms with Crippen molar-refractivity contribution < 1.29 is 4.74 Å². The Bertz CT molecular complexity index is 428. The summed E-state index contributed by atoms with van der Waals surface area (Å²) in [7, 11) is 1.66. The Balaban J connectivity index is 2.53. The number of thiazole rings is 1. The molecular formula is C10H8BrNOS. The van der Waals surface area contributed by atoms with E-state index in [1.165, 1.54) is 0 Å². The van der Waals surface area contributed by atoms with E-state index >= 15 is 0 Å². The summed E-state index contributed by atoms with van der Waals surface area (Å²) in [5.74, 6) is 0.838. The van der Waals surface area contributed by atoms with E-state index in [0.717, 1.165) is 21.5 Å². The molecule has 0 radical (unpaired) electrons. The zero-order valence-electron chi connectivity index (χ0n) is 7.53. The Kier molecular flexibility index (Phi) is 2.84. The Morgan fingerprint density at radius 2 is 2.29 bits per heavy atom. The molecule has 0 spiro atoms. The molecule has 2 rings (SSSR count). The van der Waals surface area contributed by atoms with Crippen molar-refractivity contribution in [3.05, 3.63) is 33.6 Å². The molecule has 2 nitrogen and oxygen atoms in total. The molecule has 0 N–H and O–H groups in total. The number of halogens is 1. The average molecular weight is 270 g/mol. The number of rotatable bonds is 2. The quantitative estimate of drug-likeness (QED) is 0.832. The normalized spacial score (nSPS) is 10.1. The predicted molar refractivity (Wildman–Crippen MR) is 61.8 cm³/mol. The summed E-state index contributed by atoms with van der Waals surface area (Å²) < 4.78 is 6.29. The Hall–Kier alpha value is -0.870. The molecule has 0 saturated carbocycles. The van der Waals surface area contributed by atoms with Gasteiger partial charge in [-0.3, -0.25) is 0 Å².